The highest BCUT2D eigenvalue weighted by atomic mass is 79.9. The van der Waals surface area contributed by atoms with E-state index in [1.807, 2.05) is 18.2 Å². The lowest BCUT2D eigenvalue weighted by Crippen LogP contribution is -1.76. The van der Waals surface area contributed by atoms with Crippen molar-refractivity contribution in [2.75, 3.05) is 0 Å². The van der Waals surface area contributed by atoms with Crippen LogP contribution in [0, 0.1) is 0 Å². The summed E-state index contributed by atoms with van der Waals surface area (Å²) in [6.45, 7) is 0. The molecule has 0 N–H and O–H groups in total. The standard InChI is InChI=1S/C18H11BrO/c19-14-7-9-17-16(11-14)15-8-6-13(10-18(15)20-17)12-4-2-1-3-5-12/h1-11H. The van der Waals surface area contributed by atoms with Crippen molar-refractivity contribution in [1.29, 1.82) is 0 Å². The number of fused-ring (bicyclic) bond motifs is 3. The number of hydrogen-bond acceptors (Lipinski definition) is 1. The molecule has 0 aliphatic heterocycles. The molecule has 0 saturated heterocycles. The lowest BCUT2D eigenvalue weighted by molar-refractivity contribution is 0.669. The zero-order valence-electron chi connectivity index (χ0n) is 10.6. The Labute approximate surface area is 125 Å². The van der Waals surface area contributed by atoms with Gasteiger partial charge < -0.3 is 4.42 Å². The molecular weight excluding hydrogens is 312 g/mol. The first-order chi connectivity index (χ1) is 9.81. The van der Waals surface area contributed by atoms with Crippen LogP contribution in [0.2, 0.25) is 0 Å². The van der Waals surface area contributed by atoms with Crippen LogP contribution in [0.5, 0.6) is 0 Å². The van der Waals surface area contributed by atoms with Crippen LogP contribution in [-0.2, 0) is 0 Å². The van der Waals surface area contributed by atoms with E-state index < -0.39 is 0 Å². The van der Waals surface area contributed by atoms with Crippen LogP contribution in [0.3, 0.4) is 0 Å². The second-order valence-corrected chi connectivity index (χ2v) is 5.74. The lowest BCUT2D eigenvalue weighted by atomic mass is 10.0. The minimum atomic E-state index is 0.924. The molecule has 96 valence electrons. The summed E-state index contributed by atoms with van der Waals surface area (Å²) < 4.78 is 7.02. The SMILES string of the molecule is Brc1ccc2oc3cc(-c4ccccc4)ccc3c2c1. The number of hydrogen-bond donors (Lipinski definition) is 0. The average molecular weight is 323 g/mol. The molecule has 0 aliphatic rings. The van der Waals surface area contributed by atoms with Crippen molar-refractivity contribution in [2.45, 2.75) is 0 Å². The predicted octanol–water partition coefficient (Wildman–Crippen LogP) is 6.02. The lowest BCUT2D eigenvalue weighted by Gasteiger charge is -2.00. The van der Waals surface area contributed by atoms with Gasteiger partial charge in [0.25, 0.3) is 0 Å². The maximum absolute atomic E-state index is 5.95. The number of halogens is 1. The third-order valence-electron chi connectivity index (χ3n) is 3.54. The molecule has 0 unspecified atom stereocenters. The van der Waals surface area contributed by atoms with Crippen molar-refractivity contribution in [3.05, 3.63) is 71.2 Å². The van der Waals surface area contributed by atoms with Crippen LogP contribution in [0.25, 0.3) is 33.1 Å². The Hall–Kier alpha value is -2.06. The monoisotopic (exact) mass is 322 g/mol. The maximum atomic E-state index is 5.95. The summed E-state index contributed by atoms with van der Waals surface area (Å²) in [4.78, 5) is 0. The maximum Gasteiger partial charge on any atom is 0.136 e. The third-order valence-corrected chi connectivity index (χ3v) is 4.03. The van der Waals surface area contributed by atoms with Gasteiger partial charge in [-0.1, -0.05) is 52.3 Å². The van der Waals surface area contributed by atoms with Crippen molar-refractivity contribution < 1.29 is 4.42 Å². The fraction of sp³-hybridized carbons (Fsp3) is 0. The van der Waals surface area contributed by atoms with Gasteiger partial charge in [0.1, 0.15) is 11.2 Å². The quantitative estimate of drug-likeness (QED) is 0.418. The van der Waals surface area contributed by atoms with Gasteiger partial charge in [0.05, 0.1) is 0 Å². The van der Waals surface area contributed by atoms with Crippen molar-refractivity contribution in [3.8, 4) is 11.1 Å². The summed E-state index contributed by atoms with van der Waals surface area (Å²) in [6, 6.07) is 22.8. The Kier molecular flexibility index (Phi) is 2.64. The molecule has 1 nitrogen and oxygen atoms in total. The van der Waals surface area contributed by atoms with E-state index >= 15 is 0 Å². The molecule has 3 aromatic carbocycles. The van der Waals surface area contributed by atoms with E-state index in [0.717, 1.165) is 26.4 Å². The van der Waals surface area contributed by atoms with Crippen molar-refractivity contribution in [2.24, 2.45) is 0 Å². The first-order valence-corrected chi connectivity index (χ1v) is 7.28. The first-order valence-electron chi connectivity index (χ1n) is 6.48. The van der Waals surface area contributed by atoms with Gasteiger partial charge in [0, 0.05) is 15.2 Å². The topological polar surface area (TPSA) is 13.1 Å². The van der Waals surface area contributed by atoms with Crippen LogP contribution in [0.15, 0.2) is 75.6 Å². The Balaban J connectivity index is 1.98. The van der Waals surface area contributed by atoms with E-state index in [4.69, 9.17) is 4.42 Å². The molecule has 0 bridgehead atoms. The van der Waals surface area contributed by atoms with E-state index in [9.17, 15) is 0 Å². The molecule has 0 aliphatic carbocycles. The fourth-order valence-electron chi connectivity index (χ4n) is 2.56. The molecule has 1 aromatic heterocycles. The zero-order chi connectivity index (χ0) is 13.5. The fourth-order valence-corrected chi connectivity index (χ4v) is 2.92. The van der Waals surface area contributed by atoms with Crippen LogP contribution >= 0.6 is 15.9 Å². The Morgan fingerprint density at radius 3 is 2.35 bits per heavy atom. The van der Waals surface area contributed by atoms with Gasteiger partial charge in [-0.2, -0.15) is 0 Å². The smallest absolute Gasteiger partial charge is 0.136 e. The van der Waals surface area contributed by atoms with Crippen LogP contribution in [0.4, 0.5) is 0 Å². The summed E-state index contributed by atoms with van der Waals surface area (Å²) in [7, 11) is 0. The highest BCUT2D eigenvalue weighted by Crippen LogP contribution is 2.33. The van der Waals surface area contributed by atoms with Crippen LogP contribution in [-0.4, -0.2) is 0 Å². The third kappa shape index (κ3) is 1.84. The molecule has 4 rings (SSSR count). The van der Waals surface area contributed by atoms with Crippen molar-refractivity contribution in [1.82, 2.24) is 0 Å². The normalized spacial score (nSPS) is 11.2. The van der Waals surface area contributed by atoms with Crippen LogP contribution in [0.1, 0.15) is 0 Å². The molecule has 2 heteroatoms. The molecule has 4 aromatic rings. The minimum Gasteiger partial charge on any atom is -0.456 e. The van der Waals surface area contributed by atoms with Gasteiger partial charge in [0.2, 0.25) is 0 Å². The van der Waals surface area contributed by atoms with E-state index in [-0.39, 0.29) is 0 Å². The molecule has 20 heavy (non-hydrogen) atoms. The van der Waals surface area contributed by atoms with Gasteiger partial charge in [-0.15, -0.1) is 0 Å². The molecular formula is C18H11BrO. The molecule has 0 amide bonds. The Morgan fingerprint density at radius 2 is 1.50 bits per heavy atom. The van der Waals surface area contributed by atoms with Crippen molar-refractivity contribution in [3.63, 3.8) is 0 Å². The average Bonchev–Trinajstić information content (AvgIpc) is 2.85. The molecule has 0 radical (unpaired) electrons. The van der Waals surface area contributed by atoms with Gasteiger partial charge in [-0.05, 0) is 41.5 Å². The number of furan rings is 1. The van der Waals surface area contributed by atoms with Gasteiger partial charge in [-0.3, -0.25) is 0 Å². The first kappa shape index (κ1) is 11.7. The van der Waals surface area contributed by atoms with E-state index in [0.29, 0.717) is 0 Å². The zero-order valence-corrected chi connectivity index (χ0v) is 12.2. The molecule has 0 atom stereocenters. The van der Waals surface area contributed by atoms with Gasteiger partial charge in [-0.25, -0.2) is 0 Å². The molecule has 0 saturated carbocycles. The van der Waals surface area contributed by atoms with E-state index in [2.05, 4.69) is 64.5 Å². The Morgan fingerprint density at radius 1 is 0.650 bits per heavy atom. The largest absolute Gasteiger partial charge is 0.456 e. The van der Waals surface area contributed by atoms with Gasteiger partial charge >= 0.3 is 0 Å². The van der Waals surface area contributed by atoms with E-state index in [1.165, 1.54) is 11.1 Å². The Bertz CT molecular complexity index is 907. The number of rotatable bonds is 1. The minimum absolute atomic E-state index is 0.924. The second-order valence-electron chi connectivity index (χ2n) is 4.82. The van der Waals surface area contributed by atoms with Gasteiger partial charge in [0.15, 0.2) is 0 Å². The molecule has 1 heterocycles. The summed E-state index contributed by atoms with van der Waals surface area (Å²) >= 11 is 3.51. The highest BCUT2D eigenvalue weighted by molar-refractivity contribution is 9.10. The van der Waals surface area contributed by atoms with Crippen LogP contribution < -0.4 is 0 Å². The highest BCUT2D eigenvalue weighted by Gasteiger charge is 2.08. The van der Waals surface area contributed by atoms with Crippen molar-refractivity contribution >= 4 is 37.9 Å². The summed E-state index contributed by atoms with van der Waals surface area (Å²) in [5.41, 5.74) is 4.24. The summed E-state index contributed by atoms with van der Waals surface area (Å²) in [5, 5.41) is 2.30. The van der Waals surface area contributed by atoms with E-state index in [1.54, 1.807) is 0 Å². The molecule has 0 fully saturated rings. The number of benzene rings is 3. The molecule has 0 spiro atoms. The summed E-state index contributed by atoms with van der Waals surface area (Å²) in [5.74, 6) is 0. The second kappa shape index (κ2) is 4.50. The summed E-state index contributed by atoms with van der Waals surface area (Å²) in [6.07, 6.45) is 0. The predicted molar refractivity (Wildman–Crippen MR) is 86.9 cm³/mol.